The van der Waals surface area contributed by atoms with E-state index in [0.29, 0.717) is 0 Å². The highest BCUT2D eigenvalue weighted by Gasteiger charge is 1.90. The second kappa shape index (κ2) is 1.55. The maximum Gasteiger partial charge on any atom is 0.262 e. The molecule has 0 aliphatic heterocycles. The van der Waals surface area contributed by atoms with Gasteiger partial charge >= 0.3 is 0 Å². The normalized spacial score (nSPS) is 7.50. The molecule has 0 fully saturated rings. The molecule has 0 saturated heterocycles. The van der Waals surface area contributed by atoms with Crippen molar-refractivity contribution in [1.29, 1.82) is 5.41 Å². The van der Waals surface area contributed by atoms with Gasteiger partial charge in [0.1, 0.15) is 0 Å². The second-order valence-corrected chi connectivity index (χ2v) is 0.843. The van der Waals surface area contributed by atoms with Gasteiger partial charge in [0.2, 0.25) is 0 Å². The van der Waals surface area contributed by atoms with Crippen LogP contribution in [0.5, 0.6) is 0 Å². The Balaban J connectivity index is 3.57. The first-order valence-corrected chi connectivity index (χ1v) is 1.35. The molecule has 0 aliphatic rings. The van der Waals surface area contributed by atoms with E-state index in [1.54, 1.807) is 0 Å². The summed E-state index contributed by atoms with van der Waals surface area (Å²) in [5.41, 5.74) is 4.16. The lowest BCUT2D eigenvalue weighted by Crippen LogP contribution is -2.18. The van der Waals surface area contributed by atoms with E-state index in [9.17, 15) is 4.79 Å². The highest BCUT2D eigenvalue weighted by atomic mass is 16.1. The van der Waals surface area contributed by atoms with E-state index in [-0.39, 0.29) is 5.71 Å². The van der Waals surface area contributed by atoms with E-state index in [4.69, 9.17) is 5.41 Å². The Morgan fingerprint density at radius 1 is 1.83 bits per heavy atom. The Bertz CT molecular complexity index is 74.8. The van der Waals surface area contributed by atoms with Gasteiger partial charge in [-0.15, -0.1) is 0 Å². The predicted octanol–water partition coefficient (Wildman–Crippen LogP) is -0.674. The van der Waals surface area contributed by atoms with Gasteiger partial charge in [-0.2, -0.15) is 0 Å². The van der Waals surface area contributed by atoms with Crippen molar-refractivity contribution in [2.75, 3.05) is 0 Å². The number of hydrogen-bond acceptors (Lipinski definition) is 2. The van der Waals surface area contributed by atoms with Crippen molar-refractivity contribution in [2.24, 2.45) is 5.73 Å². The van der Waals surface area contributed by atoms with Crippen LogP contribution < -0.4 is 5.73 Å². The molecule has 0 bridgehead atoms. The Morgan fingerprint density at radius 3 is 2.00 bits per heavy atom. The van der Waals surface area contributed by atoms with Gasteiger partial charge in [0.15, 0.2) is 0 Å². The topological polar surface area (TPSA) is 66.9 Å². The minimum atomic E-state index is -0.769. The lowest BCUT2D eigenvalue weighted by molar-refractivity contribution is -0.112. The summed E-state index contributed by atoms with van der Waals surface area (Å²) in [4.78, 5) is 9.63. The molecule has 0 rings (SSSR count). The van der Waals surface area contributed by atoms with Gasteiger partial charge in [-0.1, -0.05) is 0 Å². The van der Waals surface area contributed by atoms with Crippen molar-refractivity contribution in [2.45, 2.75) is 0 Å². The molecule has 0 unspecified atom stereocenters. The first kappa shape index (κ1) is 5.14. The molecular weight excluding hydrogens is 80.0 g/mol. The molecule has 0 spiro atoms. The summed E-state index contributed by atoms with van der Waals surface area (Å²) in [7, 11) is 0. The van der Waals surface area contributed by atoms with Crippen LogP contribution in [0.25, 0.3) is 0 Å². The highest BCUT2D eigenvalue weighted by Crippen LogP contribution is 1.58. The lowest BCUT2D eigenvalue weighted by atomic mass is 10.4. The lowest BCUT2D eigenvalue weighted by Gasteiger charge is -1.78. The fraction of sp³-hybridized carbons (Fsp3) is 0. The van der Waals surface area contributed by atoms with Crippen molar-refractivity contribution in [1.82, 2.24) is 0 Å². The molecule has 6 heavy (non-hydrogen) atoms. The second-order valence-electron chi connectivity index (χ2n) is 0.843. The van der Waals surface area contributed by atoms with E-state index in [2.05, 4.69) is 12.7 Å². The average molecular weight is 85.1 g/mol. The molecule has 3 heteroatoms. The van der Waals surface area contributed by atoms with Crippen LogP contribution in [0.15, 0.2) is 0 Å². The third kappa shape index (κ3) is 1.46. The van der Waals surface area contributed by atoms with E-state index in [1.165, 1.54) is 0 Å². The number of hydrogen-bond donors (Lipinski definition) is 2. The zero-order chi connectivity index (χ0) is 5.15. The smallest absolute Gasteiger partial charge is 0.262 e. The van der Waals surface area contributed by atoms with Crippen molar-refractivity contribution in [3.05, 3.63) is 6.92 Å². The molecule has 0 heterocycles. The van der Waals surface area contributed by atoms with Gasteiger partial charge in [-0.3, -0.25) is 10.2 Å². The van der Waals surface area contributed by atoms with Crippen LogP contribution in [0.3, 0.4) is 0 Å². The zero-order valence-electron chi connectivity index (χ0n) is 3.19. The molecule has 3 nitrogen and oxygen atoms in total. The van der Waals surface area contributed by atoms with Gasteiger partial charge in [-0.25, -0.2) is 0 Å². The first-order chi connectivity index (χ1) is 2.64. The summed E-state index contributed by atoms with van der Waals surface area (Å²) in [6, 6.07) is 0. The van der Waals surface area contributed by atoms with Gasteiger partial charge in [-0.05, 0) is 0 Å². The molecule has 0 aromatic heterocycles. The minimum absolute atomic E-state index is 0.352. The van der Waals surface area contributed by atoms with Crippen molar-refractivity contribution >= 4 is 11.6 Å². The molecule has 0 aromatic carbocycles. The molecule has 33 valence electrons. The predicted molar refractivity (Wildman–Crippen MR) is 22.3 cm³/mol. The standard InChI is InChI=1S/C3H5N2O/c1-2(4)3(5)6/h4H,1H2,(H2,5,6). The van der Waals surface area contributed by atoms with Crippen LogP contribution in [-0.4, -0.2) is 11.6 Å². The van der Waals surface area contributed by atoms with Gasteiger partial charge in [0, 0.05) is 6.92 Å². The Morgan fingerprint density at radius 2 is 2.00 bits per heavy atom. The number of carbonyl (C=O) groups excluding carboxylic acids is 1. The number of amides is 1. The Labute approximate surface area is 35.7 Å². The fourth-order valence-corrected chi connectivity index (χ4v) is 0. The van der Waals surface area contributed by atoms with E-state index in [1.807, 2.05) is 0 Å². The first-order valence-electron chi connectivity index (χ1n) is 1.35. The summed E-state index contributed by atoms with van der Waals surface area (Å²) in [5.74, 6) is -0.769. The SMILES string of the molecule is [CH2]C(=N)C(N)=O. The zero-order valence-corrected chi connectivity index (χ0v) is 3.19. The third-order valence-electron chi connectivity index (χ3n) is 0.297. The summed E-state index contributed by atoms with van der Waals surface area (Å²) in [6.45, 7) is 2.95. The Hall–Kier alpha value is -0.860. The van der Waals surface area contributed by atoms with Crippen LogP contribution in [0.4, 0.5) is 0 Å². The minimum Gasteiger partial charge on any atom is -0.365 e. The van der Waals surface area contributed by atoms with Gasteiger partial charge in [0.25, 0.3) is 5.91 Å². The van der Waals surface area contributed by atoms with Crippen LogP contribution in [-0.2, 0) is 4.79 Å². The molecule has 1 amide bonds. The molecule has 0 aliphatic carbocycles. The summed E-state index contributed by atoms with van der Waals surface area (Å²) in [6.07, 6.45) is 0. The van der Waals surface area contributed by atoms with Crippen LogP contribution >= 0.6 is 0 Å². The number of rotatable bonds is 1. The molecule has 3 N–H and O–H groups in total. The number of carbonyl (C=O) groups is 1. The van der Waals surface area contributed by atoms with E-state index >= 15 is 0 Å². The fourth-order valence-electron chi connectivity index (χ4n) is 0. The molecule has 0 aromatic rings. The van der Waals surface area contributed by atoms with Crippen molar-refractivity contribution in [3.8, 4) is 0 Å². The van der Waals surface area contributed by atoms with Crippen molar-refractivity contribution in [3.63, 3.8) is 0 Å². The third-order valence-corrected chi connectivity index (χ3v) is 0.297. The highest BCUT2D eigenvalue weighted by molar-refractivity contribution is 6.38. The van der Waals surface area contributed by atoms with Crippen molar-refractivity contribution < 1.29 is 4.79 Å². The number of nitrogens with one attached hydrogen (secondary N) is 1. The quantitative estimate of drug-likeness (QED) is 0.407. The summed E-state index contributed by atoms with van der Waals surface area (Å²) < 4.78 is 0. The van der Waals surface area contributed by atoms with E-state index in [0.717, 1.165) is 0 Å². The maximum atomic E-state index is 9.63. The van der Waals surface area contributed by atoms with Gasteiger partial charge in [0.05, 0.1) is 5.71 Å². The molecule has 0 saturated carbocycles. The average Bonchev–Trinajstić information content (AvgIpc) is 1.36. The summed E-state index contributed by atoms with van der Waals surface area (Å²) in [5, 5.41) is 6.36. The summed E-state index contributed by atoms with van der Waals surface area (Å²) >= 11 is 0. The van der Waals surface area contributed by atoms with E-state index < -0.39 is 5.91 Å². The largest absolute Gasteiger partial charge is 0.365 e. The number of nitrogens with two attached hydrogens (primary N) is 1. The molecule has 0 atom stereocenters. The maximum absolute atomic E-state index is 9.63. The molecule has 1 radical (unpaired) electrons. The molecular formula is C3H5N2O. The van der Waals surface area contributed by atoms with Crippen LogP contribution in [0.1, 0.15) is 0 Å². The Kier molecular flexibility index (Phi) is 1.32. The van der Waals surface area contributed by atoms with Crippen LogP contribution in [0.2, 0.25) is 0 Å². The van der Waals surface area contributed by atoms with Crippen LogP contribution in [0, 0.1) is 12.3 Å². The van der Waals surface area contributed by atoms with Gasteiger partial charge < -0.3 is 5.73 Å². The number of primary amides is 1. The monoisotopic (exact) mass is 85.0 g/mol.